The van der Waals surface area contributed by atoms with Crippen molar-refractivity contribution < 1.29 is 14.3 Å². The summed E-state index contributed by atoms with van der Waals surface area (Å²) in [6.07, 6.45) is 1.87. The van der Waals surface area contributed by atoms with E-state index in [4.69, 9.17) is 5.11 Å². The highest BCUT2D eigenvalue weighted by Crippen LogP contribution is 2.16. The molecule has 0 unspecified atom stereocenters. The van der Waals surface area contributed by atoms with Gasteiger partial charge in [0, 0.05) is 19.7 Å². The second kappa shape index (κ2) is 5.49. The summed E-state index contributed by atoms with van der Waals surface area (Å²) < 4.78 is 13.4. The molecule has 0 aliphatic carbocycles. The molecule has 0 heterocycles. The zero-order valence-electron chi connectivity index (χ0n) is 9.53. The number of phenols is 1. The first-order valence-electron chi connectivity index (χ1n) is 5.30. The van der Waals surface area contributed by atoms with Crippen LogP contribution in [0.2, 0.25) is 0 Å². The van der Waals surface area contributed by atoms with Crippen LogP contribution >= 0.6 is 0 Å². The molecular weight excluding hydrogens is 209 g/mol. The Morgan fingerprint density at radius 1 is 1.50 bits per heavy atom. The lowest BCUT2D eigenvalue weighted by Crippen LogP contribution is -2.28. The molecule has 0 bridgehead atoms. The highest BCUT2D eigenvalue weighted by molar-refractivity contribution is 5.94. The molecule has 0 aromatic heterocycles. The molecule has 0 atom stereocenters. The molecule has 1 aromatic carbocycles. The molecule has 0 fully saturated rings. The molecule has 16 heavy (non-hydrogen) atoms. The first-order valence-corrected chi connectivity index (χ1v) is 5.30. The van der Waals surface area contributed by atoms with Gasteiger partial charge in [0.1, 0.15) is 11.6 Å². The minimum Gasteiger partial charge on any atom is -0.508 e. The van der Waals surface area contributed by atoms with Gasteiger partial charge in [0.15, 0.2) is 0 Å². The maximum absolute atomic E-state index is 13.4. The topological polar surface area (TPSA) is 40.5 Å². The molecule has 0 radical (unpaired) electrons. The van der Waals surface area contributed by atoms with E-state index in [0.717, 1.165) is 18.9 Å². The van der Waals surface area contributed by atoms with Crippen LogP contribution in [0.4, 0.5) is 4.39 Å². The lowest BCUT2D eigenvalue weighted by molar-refractivity contribution is 0.0788. The maximum Gasteiger partial charge on any atom is 0.256 e. The van der Waals surface area contributed by atoms with Crippen LogP contribution in [-0.4, -0.2) is 29.5 Å². The minimum atomic E-state index is -0.687. The summed E-state index contributed by atoms with van der Waals surface area (Å²) in [7, 11) is 1.64. The largest absolute Gasteiger partial charge is 0.508 e. The van der Waals surface area contributed by atoms with Crippen molar-refractivity contribution in [2.24, 2.45) is 0 Å². The summed E-state index contributed by atoms with van der Waals surface area (Å²) >= 11 is 0. The predicted molar refractivity (Wildman–Crippen MR) is 59.9 cm³/mol. The first-order chi connectivity index (χ1) is 7.56. The van der Waals surface area contributed by atoms with Crippen LogP contribution in [0.1, 0.15) is 30.1 Å². The number of hydrogen-bond acceptors (Lipinski definition) is 2. The molecule has 1 N–H and O–H groups in total. The van der Waals surface area contributed by atoms with E-state index >= 15 is 0 Å². The van der Waals surface area contributed by atoms with Gasteiger partial charge in [0.2, 0.25) is 0 Å². The summed E-state index contributed by atoms with van der Waals surface area (Å²) in [5.41, 5.74) is -0.00333. The van der Waals surface area contributed by atoms with E-state index in [0.29, 0.717) is 6.54 Å². The molecule has 4 heteroatoms. The number of rotatable bonds is 4. The smallest absolute Gasteiger partial charge is 0.256 e. The second-order valence-electron chi connectivity index (χ2n) is 3.74. The maximum atomic E-state index is 13.4. The van der Waals surface area contributed by atoms with Crippen LogP contribution in [0.3, 0.4) is 0 Å². The highest BCUT2D eigenvalue weighted by atomic mass is 19.1. The molecule has 0 saturated carbocycles. The second-order valence-corrected chi connectivity index (χ2v) is 3.74. The number of amides is 1. The Morgan fingerprint density at radius 2 is 2.19 bits per heavy atom. The SMILES string of the molecule is CCCCN(C)C(=O)c1ccc(O)cc1F. The summed E-state index contributed by atoms with van der Waals surface area (Å²) in [4.78, 5) is 13.3. The monoisotopic (exact) mass is 225 g/mol. The van der Waals surface area contributed by atoms with E-state index in [9.17, 15) is 9.18 Å². The molecular formula is C12H16FNO2. The van der Waals surface area contributed by atoms with Gasteiger partial charge in [-0.2, -0.15) is 0 Å². The normalized spacial score (nSPS) is 10.2. The molecule has 1 rings (SSSR count). The van der Waals surface area contributed by atoms with E-state index in [1.807, 2.05) is 6.92 Å². The third-order valence-electron chi connectivity index (χ3n) is 2.38. The van der Waals surface area contributed by atoms with Crippen LogP contribution in [0.15, 0.2) is 18.2 Å². The van der Waals surface area contributed by atoms with Crippen molar-refractivity contribution in [3.63, 3.8) is 0 Å². The Labute approximate surface area is 94.5 Å². The standard InChI is InChI=1S/C12H16FNO2/c1-3-4-7-14(2)12(16)10-6-5-9(15)8-11(10)13/h5-6,8,15H,3-4,7H2,1-2H3. The summed E-state index contributed by atoms with van der Waals surface area (Å²) in [6.45, 7) is 2.63. The van der Waals surface area contributed by atoms with Gasteiger partial charge in [0.05, 0.1) is 5.56 Å². The first kappa shape index (κ1) is 12.5. The van der Waals surface area contributed by atoms with Gasteiger partial charge in [-0.05, 0) is 18.6 Å². The molecule has 0 spiro atoms. The van der Waals surface area contributed by atoms with E-state index in [1.54, 1.807) is 7.05 Å². The summed E-state index contributed by atoms with van der Waals surface area (Å²) in [6, 6.07) is 3.56. The van der Waals surface area contributed by atoms with E-state index in [2.05, 4.69) is 0 Å². The molecule has 0 aliphatic rings. The van der Waals surface area contributed by atoms with Crippen molar-refractivity contribution in [1.29, 1.82) is 0 Å². The van der Waals surface area contributed by atoms with E-state index in [-0.39, 0.29) is 17.2 Å². The number of carbonyl (C=O) groups excluding carboxylic acids is 1. The predicted octanol–water partition coefficient (Wildman–Crippen LogP) is 2.40. The number of nitrogens with zero attached hydrogens (tertiary/aromatic N) is 1. The summed E-state index contributed by atoms with van der Waals surface area (Å²) in [5, 5.41) is 9.03. The average Bonchev–Trinajstić information content (AvgIpc) is 2.25. The van der Waals surface area contributed by atoms with Crippen molar-refractivity contribution in [2.45, 2.75) is 19.8 Å². The third-order valence-corrected chi connectivity index (χ3v) is 2.38. The molecule has 88 valence electrons. The molecule has 1 aromatic rings. The number of phenolic OH excluding ortho intramolecular Hbond substituents is 1. The van der Waals surface area contributed by atoms with Gasteiger partial charge in [-0.3, -0.25) is 4.79 Å². The fourth-order valence-corrected chi connectivity index (χ4v) is 1.38. The van der Waals surface area contributed by atoms with Crippen molar-refractivity contribution in [3.8, 4) is 5.75 Å². The highest BCUT2D eigenvalue weighted by Gasteiger charge is 2.15. The van der Waals surface area contributed by atoms with Gasteiger partial charge < -0.3 is 10.0 Å². The molecule has 0 saturated heterocycles. The Bertz CT molecular complexity index is 379. The Balaban J connectivity index is 2.79. The minimum absolute atomic E-state index is 0.00333. The van der Waals surface area contributed by atoms with E-state index < -0.39 is 5.82 Å². The van der Waals surface area contributed by atoms with Crippen LogP contribution in [-0.2, 0) is 0 Å². The lowest BCUT2D eigenvalue weighted by atomic mass is 10.1. The average molecular weight is 225 g/mol. The quantitative estimate of drug-likeness (QED) is 0.854. The Morgan fingerprint density at radius 3 is 2.75 bits per heavy atom. The van der Waals surface area contributed by atoms with Gasteiger partial charge in [-0.1, -0.05) is 13.3 Å². The fraction of sp³-hybridized carbons (Fsp3) is 0.417. The van der Waals surface area contributed by atoms with Gasteiger partial charge in [0.25, 0.3) is 5.91 Å². The Kier molecular flexibility index (Phi) is 4.28. The van der Waals surface area contributed by atoms with Crippen molar-refractivity contribution >= 4 is 5.91 Å². The fourth-order valence-electron chi connectivity index (χ4n) is 1.38. The zero-order chi connectivity index (χ0) is 12.1. The molecule has 3 nitrogen and oxygen atoms in total. The van der Waals surface area contributed by atoms with Crippen molar-refractivity contribution in [2.75, 3.05) is 13.6 Å². The van der Waals surface area contributed by atoms with Gasteiger partial charge in [-0.15, -0.1) is 0 Å². The van der Waals surface area contributed by atoms with Gasteiger partial charge >= 0.3 is 0 Å². The number of aromatic hydroxyl groups is 1. The Hall–Kier alpha value is -1.58. The number of carbonyl (C=O) groups is 1. The van der Waals surface area contributed by atoms with Crippen LogP contribution < -0.4 is 0 Å². The third kappa shape index (κ3) is 2.95. The van der Waals surface area contributed by atoms with Crippen molar-refractivity contribution in [1.82, 2.24) is 4.90 Å². The van der Waals surface area contributed by atoms with E-state index in [1.165, 1.54) is 17.0 Å². The molecule has 1 amide bonds. The summed E-state index contributed by atoms with van der Waals surface area (Å²) in [5.74, 6) is -1.22. The number of hydrogen-bond donors (Lipinski definition) is 1. The van der Waals surface area contributed by atoms with Crippen molar-refractivity contribution in [3.05, 3.63) is 29.6 Å². The van der Waals surface area contributed by atoms with Crippen LogP contribution in [0, 0.1) is 5.82 Å². The van der Waals surface area contributed by atoms with Crippen LogP contribution in [0.25, 0.3) is 0 Å². The molecule has 0 aliphatic heterocycles. The lowest BCUT2D eigenvalue weighted by Gasteiger charge is -2.17. The number of unbranched alkanes of at least 4 members (excludes halogenated alkanes) is 1. The number of benzene rings is 1. The van der Waals surface area contributed by atoms with Crippen LogP contribution in [0.5, 0.6) is 5.75 Å². The zero-order valence-corrected chi connectivity index (χ0v) is 9.53. The van der Waals surface area contributed by atoms with Gasteiger partial charge in [-0.25, -0.2) is 4.39 Å². The number of halogens is 1.